The lowest BCUT2D eigenvalue weighted by molar-refractivity contribution is -0.141. The molecule has 1 aliphatic heterocycles. The van der Waals surface area contributed by atoms with E-state index in [4.69, 9.17) is 4.74 Å². The summed E-state index contributed by atoms with van der Waals surface area (Å²) in [6, 6.07) is 11.2. The molecule has 3 aromatic rings. The van der Waals surface area contributed by atoms with Crippen molar-refractivity contribution < 1.29 is 22.7 Å². The summed E-state index contributed by atoms with van der Waals surface area (Å²) in [5.41, 5.74) is -0.249. The van der Waals surface area contributed by atoms with Gasteiger partial charge in [0.05, 0.1) is 17.8 Å². The van der Waals surface area contributed by atoms with Crippen molar-refractivity contribution in [3.63, 3.8) is 0 Å². The van der Waals surface area contributed by atoms with Gasteiger partial charge in [0.25, 0.3) is 5.91 Å². The van der Waals surface area contributed by atoms with Gasteiger partial charge < -0.3 is 9.64 Å². The molecule has 0 bridgehead atoms. The number of ether oxygens (including phenoxy) is 1. The van der Waals surface area contributed by atoms with Crippen LogP contribution in [0.1, 0.15) is 27.8 Å². The van der Waals surface area contributed by atoms with Crippen LogP contribution in [-0.2, 0) is 12.8 Å². The Bertz CT molecular complexity index is 983. The van der Waals surface area contributed by atoms with Crippen LogP contribution in [0.25, 0.3) is 0 Å². The molecule has 0 atom stereocenters. The number of hydrogen-bond acceptors (Lipinski definition) is 5. The van der Waals surface area contributed by atoms with Gasteiger partial charge in [-0.3, -0.25) is 9.78 Å². The Morgan fingerprint density at radius 3 is 2.55 bits per heavy atom. The summed E-state index contributed by atoms with van der Waals surface area (Å²) in [5, 5.41) is 8.13. The molecule has 7 nitrogen and oxygen atoms in total. The molecular weight excluding hydrogens is 387 g/mol. The molecule has 1 fully saturated rings. The van der Waals surface area contributed by atoms with Gasteiger partial charge in [0.1, 0.15) is 23.7 Å². The fourth-order valence-corrected chi connectivity index (χ4v) is 2.89. The van der Waals surface area contributed by atoms with Crippen LogP contribution in [0.4, 0.5) is 13.2 Å². The van der Waals surface area contributed by atoms with Crippen molar-refractivity contribution in [2.45, 2.75) is 18.8 Å². The lowest BCUT2D eigenvalue weighted by atomic mass is 10.1. The Morgan fingerprint density at radius 1 is 1.14 bits per heavy atom. The second-order valence-electron chi connectivity index (χ2n) is 6.59. The molecule has 1 amide bonds. The van der Waals surface area contributed by atoms with E-state index in [0.29, 0.717) is 18.8 Å². The number of hydrogen-bond donors (Lipinski definition) is 0. The van der Waals surface area contributed by atoms with Gasteiger partial charge in [0, 0.05) is 19.3 Å². The Morgan fingerprint density at radius 2 is 1.90 bits per heavy atom. The number of likely N-dealkylation sites (tertiary alicyclic amines) is 1. The number of benzene rings is 1. The molecule has 1 aromatic carbocycles. The van der Waals surface area contributed by atoms with Crippen LogP contribution in [0.2, 0.25) is 0 Å². The predicted octanol–water partition coefficient (Wildman–Crippen LogP) is 2.97. The third-order valence-electron chi connectivity index (χ3n) is 4.51. The van der Waals surface area contributed by atoms with Crippen LogP contribution in [0.3, 0.4) is 0 Å². The third kappa shape index (κ3) is 4.20. The van der Waals surface area contributed by atoms with E-state index in [1.165, 1.54) is 4.90 Å². The monoisotopic (exact) mass is 403 g/mol. The molecule has 0 spiro atoms. The molecule has 2 aromatic heterocycles. The Labute approximate surface area is 163 Å². The van der Waals surface area contributed by atoms with Gasteiger partial charge in [-0.15, -0.1) is 5.10 Å². The second-order valence-corrected chi connectivity index (χ2v) is 6.59. The molecule has 150 valence electrons. The van der Waals surface area contributed by atoms with E-state index in [0.717, 1.165) is 24.1 Å². The maximum Gasteiger partial charge on any atom is 0.433 e. The quantitative estimate of drug-likeness (QED) is 0.655. The number of amides is 1. The molecule has 0 saturated carbocycles. The number of carbonyl (C=O) groups is 1. The Balaban J connectivity index is 1.30. The largest absolute Gasteiger partial charge is 0.487 e. The first-order valence-corrected chi connectivity index (χ1v) is 8.81. The SMILES string of the molecule is O=C(c1ccc(C(F)(F)F)nc1)N1CC(n2cc(COc3ccccc3)nn2)C1. The summed E-state index contributed by atoms with van der Waals surface area (Å²) in [6.07, 6.45) is -1.82. The molecule has 0 N–H and O–H groups in total. The summed E-state index contributed by atoms with van der Waals surface area (Å²) in [4.78, 5) is 17.2. The lowest BCUT2D eigenvalue weighted by Crippen LogP contribution is -2.50. The van der Waals surface area contributed by atoms with Crippen LogP contribution < -0.4 is 4.74 Å². The maximum absolute atomic E-state index is 12.6. The van der Waals surface area contributed by atoms with Gasteiger partial charge in [-0.25, -0.2) is 4.68 Å². The van der Waals surface area contributed by atoms with Crippen molar-refractivity contribution >= 4 is 5.91 Å². The second kappa shape index (κ2) is 7.53. The lowest BCUT2D eigenvalue weighted by Gasteiger charge is -2.38. The molecule has 0 radical (unpaired) electrons. The zero-order valence-electron chi connectivity index (χ0n) is 15.1. The summed E-state index contributed by atoms with van der Waals surface area (Å²) in [7, 11) is 0. The molecule has 10 heteroatoms. The summed E-state index contributed by atoms with van der Waals surface area (Å²) >= 11 is 0. The number of halogens is 3. The van der Waals surface area contributed by atoms with Crippen LogP contribution in [0, 0.1) is 0 Å². The third-order valence-corrected chi connectivity index (χ3v) is 4.51. The standard InChI is InChI=1S/C19H16F3N5O2/c20-19(21,22)17-7-6-13(8-23-17)18(28)26-10-15(11-26)27-9-14(24-25-27)12-29-16-4-2-1-3-5-16/h1-9,15H,10-12H2. The van der Waals surface area contributed by atoms with Crippen LogP contribution in [0.5, 0.6) is 5.75 Å². The van der Waals surface area contributed by atoms with Crippen molar-refractivity contribution in [1.29, 1.82) is 0 Å². The highest BCUT2D eigenvalue weighted by atomic mass is 19.4. The first kappa shape index (κ1) is 18.9. The number of pyridine rings is 1. The van der Waals surface area contributed by atoms with Gasteiger partial charge >= 0.3 is 6.18 Å². The first-order chi connectivity index (χ1) is 13.9. The van der Waals surface area contributed by atoms with Crippen molar-refractivity contribution in [2.24, 2.45) is 0 Å². The minimum Gasteiger partial charge on any atom is -0.487 e. The number of aromatic nitrogens is 4. The number of rotatable bonds is 5. The first-order valence-electron chi connectivity index (χ1n) is 8.81. The van der Waals surface area contributed by atoms with E-state index in [-0.39, 0.29) is 24.1 Å². The van der Waals surface area contributed by atoms with E-state index >= 15 is 0 Å². The molecule has 3 heterocycles. The van der Waals surface area contributed by atoms with Crippen molar-refractivity contribution in [1.82, 2.24) is 24.9 Å². The number of carbonyl (C=O) groups excluding carboxylic acids is 1. The Kier molecular flexibility index (Phi) is 4.91. The van der Waals surface area contributed by atoms with Crippen LogP contribution >= 0.6 is 0 Å². The fraction of sp³-hybridized carbons (Fsp3) is 0.263. The highest BCUT2D eigenvalue weighted by molar-refractivity contribution is 5.94. The number of alkyl halides is 3. The fourth-order valence-electron chi connectivity index (χ4n) is 2.89. The Hall–Kier alpha value is -3.43. The smallest absolute Gasteiger partial charge is 0.433 e. The van der Waals surface area contributed by atoms with E-state index in [9.17, 15) is 18.0 Å². The van der Waals surface area contributed by atoms with E-state index < -0.39 is 11.9 Å². The zero-order valence-corrected chi connectivity index (χ0v) is 15.1. The zero-order chi connectivity index (χ0) is 20.4. The maximum atomic E-state index is 12.6. The minimum atomic E-state index is -4.53. The predicted molar refractivity (Wildman–Crippen MR) is 95.0 cm³/mol. The number of para-hydroxylation sites is 1. The molecule has 29 heavy (non-hydrogen) atoms. The average molecular weight is 403 g/mol. The molecule has 4 rings (SSSR count). The molecule has 1 aliphatic rings. The van der Waals surface area contributed by atoms with E-state index in [2.05, 4.69) is 15.3 Å². The average Bonchev–Trinajstić information content (AvgIpc) is 3.14. The van der Waals surface area contributed by atoms with Crippen molar-refractivity contribution in [2.75, 3.05) is 13.1 Å². The van der Waals surface area contributed by atoms with Crippen LogP contribution in [0.15, 0.2) is 54.9 Å². The van der Waals surface area contributed by atoms with Gasteiger partial charge in [-0.05, 0) is 24.3 Å². The number of nitrogens with zero attached hydrogens (tertiary/aromatic N) is 5. The van der Waals surface area contributed by atoms with Gasteiger partial charge in [-0.1, -0.05) is 23.4 Å². The molecule has 1 saturated heterocycles. The minimum absolute atomic E-state index is 0.0423. The molecular formula is C19H16F3N5O2. The summed E-state index contributed by atoms with van der Waals surface area (Å²) in [6.45, 7) is 1.06. The summed E-state index contributed by atoms with van der Waals surface area (Å²) in [5.74, 6) is 0.364. The topological polar surface area (TPSA) is 73.1 Å². The van der Waals surface area contributed by atoms with Gasteiger partial charge in [0.15, 0.2) is 0 Å². The van der Waals surface area contributed by atoms with Crippen molar-refractivity contribution in [3.8, 4) is 5.75 Å². The van der Waals surface area contributed by atoms with Crippen molar-refractivity contribution in [3.05, 3.63) is 71.8 Å². The van der Waals surface area contributed by atoms with E-state index in [1.807, 2.05) is 30.3 Å². The summed E-state index contributed by atoms with van der Waals surface area (Å²) < 4.78 is 45.0. The van der Waals surface area contributed by atoms with E-state index in [1.54, 1.807) is 10.9 Å². The molecule has 0 unspecified atom stereocenters. The molecule has 0 aliphatic carbocycles. The van der Waals surface area contributed by atoms with Gasteiger partial charge in [0.2, 0.25) is 0 Å². The van der Waals surface area contributed by atoms with Gasteiger partial charge in [-0.2, -0.15) is 13.2 Å². The van der Waals surface area contributed by atoms with Crippen LogP contribution in [-0.4, -0.2) is 43.9 Å². The highest BCUT2D eigenvalue weighted by Gasteiger charge is 2.35. The normalized spacial score (nSPS) is 14.5. The highest BCUT2D eigenvalue weighted by Crippen LogP contribution is 2.28.